The van der Waals surface area contributed by atoms with Crippen molar-refractivity contribution < 1.29 is 19.1 Å². The van der Waals surface area contributed by atoms with E-state index in [1.165, 1.54) is 12.1 Å². The second kappa shape index (κ2) is 7.57. The molecule has 1 aliphatic carbocycles. The highest BCUT2D eigenvalue weighted by Gasteiger charge is 2.39. The highest BCUT2D eigenvalue weighted by Crippen LogP contribution is 2.36. The molecule has 1 aromatic carbocycles. The van der Waals surface area contributed by atoms with Gasteiger partial charge in [0.05, 0.1) is 5.41 Å². The summed E-state index contributed by atoms with van der Waals surface area (Å²) >= 11 is 0. The number of nitrogens with one attached hydrogen (secondary N) is 1. The molecule has 5 heteroatoms. The van der Waals surface area contributed by atoms with Crippen LogP contribution in [0.1, 0.15) is 44.6 Å². The van der Waals surface area contributed by atoms with Crippen LogP contribution in [0.25, 0.3) is 0 Å². The van der Waals surface area contributed by atoms with Crippen LogP contribution in [0.3, 0.4) is 0 Å². The number of aliphatic carboxylic acids is 1. The molecule has 1 aromatic rings. The van der Waals surface area contributed by atoms with Gasteiger partial charge in [-0.05, 0) is 37.0 Å². The van der Waals surface area contributed by atoms with Crippen LogP contribution in [-0.2, 0) is 16.0 Å². The summed E-state index contributed by atoms with van der Waals surface area (Å²) < 4.78 is 13.2. The topological polar surface area (TPSA) is 66.4 Å². The molecule has 0 bridgehead atoms. The minimum absolute atomic E-state index is 0.175. The van der Waals surface area contributed by atoms with Gasteiger partial charge in [-0.3, -0.25) is 9.59 Å². The van der Waals surface area contributed by atoms with Crippen LogP contribution >= 0.6 is 0 Å². The van der Waals surface area contributed by atoms with Crippen molar-refractivity contribution in [2.75, 3.05) is 6.54 Å². The molecule has 0 heterocycles. The van der Waals surface area contributed by atoms with E-state index in [9.17, 15) is 19.1 Å². The molecule has 0 aliphatic heterocycles. The van der Waals surface area contributed by atoms with Crippen molar-refractivity contribution in [1.82, 2.24) is 5.32 Å². The Kier molecular flexibility index (Phi) is 5.74. The number of hydrogen-bond donors (Lipinski definition) is 2. The molecule has 23 heavy (non-hydrogen) atoms. The molecular formula is C18H24FNO3. The van der Waals surface area contributed by atoms with E-state index in [1.54, 1.807) is 19.1 Å². The number of carbonyl (C=O) groups is 2. The monoisotopic (exact) mass is 321 g/mol. The fourth-order valence-corrected chi connectivity index (χ4v) is 3.24. The number of hydrogen-bond acceptors (Lipinski definition) is 2. The summed E-state index contributed by atoms with van der Waals surface area (Å²) in [6.07, 6.45) is 4.49. The Hall–Kier alpha value is -1.91. The van der Waals surface area contributed by atoms with Gasteiger partial charge in [0.1, 0.15) is 5.82 Å². The molecule has 1 unspecified atom stereocenters. The lowest BCUT2D eigenvalue weighted by Crippen LogP contribution is -2.45. The van der Waals surface area contributed by atoms with E-state index >= 15 is 0 Å². The maximum absolute atomic E-state index is 13.2. The lowest BCUT2D eigenvalue weighted by atomic mass is 9.74. The lowest BCUT2D eigenvalue weighted by molar-refractivity contribution is -0.151. The number of carboxylic acid groups (broad SMARTS) is 1. The fraction of sp³-hybridized carbons (Fsp3) is 0.556. The first kappa shape index (κ1) is 17.4. The minimum Gasteiger partial charge on any atom is -0.481 e. The van der Waals surface area contributed by atoms with Crippen molar-refractivity contribution in [2.45, 2.75) is 45.4 Å². The minimum atomic E-state index is -0.827. The number of halogens is 1. The lowest BCUT2D eigenvalue weighted by Gasteiger charge is -2.33. The van der Waals surface area contributed by atoms with Crippen LogP contribution in [0, 0.1) is 17.2 Å². The van der Waals surface area contributed by atoms with E-state index in [4.69, 9.17) is 0 Å². The number of carboxylic acids is 1. The van der Waals surface area contributed by atoms with Gasteiger partial charge in [0, 0.05) is 12.5 Å². The zero-order valence-electron chi connectivity index (χ0n) is 13.5. The number of carbonyl (C=O) groups excluding carboxylic acids is 1. The highest BCUT2D eigenvalue weighted by molar-refractivity contribution is 5.80. The first-order valence-corrected chi connectivity index (χ1v) is 8.18. The Morgan fingerprint density at radius 2 is 2.00 bits per heavy atom. The van der Waals surface area contributed by atoms with Crippen molar-refractivity contribution >= 4 is 11.9 Å². The molecule has 1 amide bonds. The largest absolute Gasteiger partial charge is 0.481 e. The predicted molar refractivity (Wildman–Crippen MR) is 85.4 cm³/mol. The van der Waals surface area contributed by atoms with Crippen LogP contribution in [0.5, 0.6) is 0 Å². The van der Waals surface area contributed by atoms with Crippen LogP contribution < -0.4 is 5.32 Å². The van der Waals surface area contributed by atoms with E-state index in [2.05, 4.69) is 5.32 Å². The first-order valence-electron chi connectivity index (χ1n) is 8.18. The Bertz CT molecular complexity index is 567. The molecule has 1 aliphatic rings. The Balaban J connectivity index is 1.91. The number of rotatable bonds is 6. The molecule has 1 saturated carbocycles. The van der Waals surface area contributed by atoms with Crippen molar-refractivity contribution in [1.29, 1.82) is 0 Å². The Labute approximate surface area is 136 Å². The summed E-state index contributed by atoms with van der Waals surface area (Å²) in [4.78, 5) is 23.8. The van der Waals surface area contributed by atoms with Gasteiger partial charge in [-0.2, -0.15) is 0 Å². The maximum Gasteiger partial charge on any atom is 0.311 e. The van der Waals surface area contributed by atoms with E-state index in [0.29, 0.717) is 19.3 Å². The quantitative estimate of drug-likeness (QED) is 0.846. The summed E-state index contributed by atoms with van der Waals surface area (Å²) in [6, 6.07) is 6.20. The van der Waals surface area contributed by atoms with E-state index in [0.717, 1.165) is 24.8 Å². The van der Waals surface area contributed by atoms with Gasteiger partial charge in [-0.25, -0.2) is 4.39 Å². The van der Waals surface area contributed by atoms with Gasteiger partial charge in [0.15, 0.2) is 0 Å². The van der Waals surface area contributed by atoms with Gasteiger partial charge in [-0.15, -0.1) is 0 Å². The summed E-state index contributed by atoms with van der Waals surface area (Å²) in [5.41, 5.74) is -0.0646. The average molecular weight is 321 g/mol. The number of benzene rings is 1. The molecule has 0 radical (unpaired) electrons. The SMILES string of the molecule is CC(Cc1cccc(F)c1)C(=O)NCC1(C(=O)O)CCCCC1. The third-order valence-electron chi connectivity index (χ3n) is 4.74. The molecule has 0 aromatic heterocycles. The van der Waals surface area contributed by atoms with Gasteiger partial charge in [-0.1, -0.05) is 38.3 Å². The summed E-state index contributed by atoms with van der Waals surface area (Å²) in [5, 5.41) is 12.3. The van der Waals surface area contributed by atoms with E-state index < -0.39 is 11.4 Å². The van der Waals surface area contributed by atoms with E-state index in [-0.39, 0.29) is 24.2 Å². The molecule has 0 spiro atoms. The van der Waals surface area contributed by atoms with E-state index in [1.807, 2.05) is 0 Å². The predicted octanol–water partition coefficient (Wildman–Crippen LogP) is 3.16. The second-order valence-electron chi connectivity index (χ2n) is 6.60. The van der Waals surface area contributed by atoms with Crippen LogP contribution in [0.2, 0.25) is 0 Å². The second-order valence-corrected chi connectivity index (χ2v) is 6.60. The van der Waals surface area contributed by atoms with Crippen LogP contribution in [-0.4, -0.2) is 23.5 Å². The van der Waals surface area contributed by atoms with Gasteiger partial charge >= 0.3 is 5.97 Å². The van der Waals surface area contributed by atoms with Crippen molar-refractivity contribution in [2.24, 2.45) is 11.3 Å². The fourth-order valence-electron chi connectivity index (χ4n) is 3.24. The van der Waals surface area contributed by atoms with Gasteiger partial charge in [0.25, 0.3) is 0 Å². The third-order valence-corrected chi connectivity index (χ3v) is 4.74. The van der Waals surface area contributed by atoms with Gasteiger partial charge in [0.2, 0.25) is 5.91 Å². The first-order chi connectivity index (χ1) is 10.9. The maximum atomic E-state index is 13.2. The molecule has 4 nitrogen and oxygen atoms in total. The zero-order chi connectivity index (χ0) is 16.9. The molecule has 0 saturated heterocycles. The normalized spacial score (nSPS) is 18.2. The average Bonchev–Trinajstić information content (AvgIpc) is 2.53. The van der Waals surface area contributed by atoms with Crippen molar-refractivity contribution in [3.05, 3.63) is 35.6 Å². The molecular weight excluding hydrogens is 297 g/mol. The molecule has 2 N–H and O–H groups in total. The Morgan fingerprint density at radius 3 is 2.61 bits per heavy atom. The summed E-state index contributed by atoms with van der Waals surface area (Å²) in [5.74, 6) is -1.65. The highest BCUT2D eigenvalue weighted by atomic mass is 19.1. The van der Waals surface area contributed by atoms with Gasteiger partial charge < -0.3 is 10.4 Å². The zero-order valence-corrected chi connectivity index (χ0v) is 13.5. The molecule has 2 rings (SSSR count). The summed E-state index contributed by atoms with van der Waals surface area (Å²) in [7, 11) is 0. The Morgan fingerprint density at radius 1 is 1.30 bits per heavy atom. The third kappa shape index (κ3) is 4.53. The summed E-state index contributed by atoms with van der Waals surface area (Å²) in [6.45, 7) is 1.95. The van der Waals surface area contributed by atoms with Crippen LogP contribution in [0.15, 0.2) is 24.3 Å². The standard InChI is InChI=1S/C18H24FNO3/c1-13(10-14-6-5-7-15(19)11-14)16(21)20-12-18(17(22)23)8-3-2-4-9-18/h5-7,11,13H,2-4,8-10,12H2,1H3,(H,20,21)(H,22,23). The number of amides is 1. The molecule has 1 atom stereocenters. The molecule has 126 valence electrons. The molecule has 1 fully saturated rings. The van der Waals surface area contributed by atoms with Crippen LogP contribution in [0.4, 0.5) is 4.39 Å². The van der Waals surface area contributed by atoms with Crippen molar-refractivity contribution in [3.8, 4) is 0 Å². The smallest absolute Gasteiger partial charge is 0.311 e. The van der Waals surface area contributed by atoms with Crippen molar-refractivity contribution in [3.63, 3.8) is 0 Å².